The van der Waals surface area contributed by atoms with E-state index in [1.165, 1.54) is 6.07 Å². The van der Waals surface area contributed by atoms with Crippen molar-refractivity contribution in [3.63, 3.8) is 0 Å². The summed E-state index contributed by atoms with van der Waals surface area (Å²) in [6.07, 6.45) is 2.58. The Balaban J connectivity index is 1.76. The van der Waals surface area contributed by atoms with Crippen molar-refractivity contribution in [1.82, 2.24) is 14.9 Å². The molecule has 8 heteroatoms. The molecule has 2 aromatic carbocycles. The Morgan fingerprint density at radius 2 is 1.84 bits per heavy atom. The zero-order valence-corrected chi connectivity index (χ0v) is 22.9. The molecular formula is C30H36N4O4. The van der Waals surface area contributed by atoms with Crippen molar-refractivity contribution in [3.8, 4) is 23.1 Å². The zero-order chi connectivity index (χ0) is 28.0. The molecule has 0 spiro atoms. The minimum absolute atomic E-state index is 0.0711. The number of amides is 1. The van der Waals surface area contributed by atoms with E-state index in [9.17, 15) is 20.0 Å². The Morgan fingerprint density at radius 3 is 2.39 bits per heavy atom. The fraction of sp³-hybridized carbons (Fsp3) is 0.400. The van der Waals surface area contributed by atoms with Gasteiger partial charge in [0, 0.05) is 42.2 Å². The summed E-state index contributed by atoms with van der Waals surface area (Å²) in [6.45, 7) is 10.1. The van der Waals surface area contributed by atoms with Crippen LogP contribution >= 0.6 is 0 Å². The van der Waals surface area contributed by atoms with Crippen LogP contribution in [0, 0.1) is 11.3 Å². The highest BCUT2D eigenvalue weighted by Gasteiger charge is 2.21. The van der Waals surface area contributed by atoms with Gasteiger partial charge >= 0.3 is 5.97 Å². The van der Waals surface area contributed by atoms with Gasteiger partial charge in [-0.1, -0.05) is 45.0 Å². The molecular weight excluding hydrogens is 480 g/mol. The molecule has 0 aliphatic carbocycles. The van der Waals surface area contributed by atoms with Crippen LogP contribution in [-0.4, -0.2) is 38.7 Å². The number of nitriles is 1. The summed E-state index contributed by atoms with van der Waals surface area (Å²) in [5.41, 5.74) is 3.36. The fourth-order valence-electron chi connectivity index (χ4n) is 4.31. The number of ether oxygens (including phenoxy) is 1. The summed E-state index contributed by atoms with van der Waals surface area (Å²) in [4.78, 5) is 29.1. The highest BCUT2D eigenvalue weighted by molar-refractivity contribution is 5.95. The van der Waals surface area contributed by atoms with Gasteiger partial charge in [0.05, 0.1) is 17.4 Å². The Kier molecular flexibility index (Phi) is 8.95. The lowest BCUT2D eigenvalue weighted by Crippen LogP contribution is -2.37. The second-order valence-electron chi connectivity index (χ2n) is 10.8. The van der Waals surface area contributed by atoms with Gasteiger partial charge in [-0.25, -0.2) is 4.98 Å². The maximum atomic E-state index is 13.0. The predicted octanol–water partition coefficient (Wildman–Crippen LogP) is 5.25. The molecule has 3 rings (SSSR count). The molecule has 0 bridgehead atoms. The van der Waals surface area contributed by atoms with Crippen molar-refractivity contribution in [1.29, 1.82) is 5.26 Å². The first-order valence-corrected chi connectivity index (χ1v) is 12.7. The summed E-state index contributed by atoms with van der Waals surface area (Å²) in [7, 11) is 1.99. The molecule has 38 heavy (non-hydrogen) atoms. The van der Waals surface area contributed by atoms with Crippen molar-refractivity contribution in [3.05, 3.63) is 71.2 Å². The van der Waals surface area contributed by atoms with Gasteiger partial charge in [-0.3, -0.25) is 9.59 Å². The quantitative estimate of drug-likeness (QED) is 0.380. The standard InChI is InChI=1S/C30H36N4O4/c1-19(2)38-26-13-11-22(16-23(26)17-31)28(37)32-24(12-14-27(35)36)15-20-7-9-21(10-8-20)25-18-34(6)29(33-25)30(3,4)5/h7-11,13,16,18-19,24H,12,14-15H2,1-6H3,(H,32,37)(H,35,36)/t24-/m1/s1. The Labute approximate surface area is 224 Å². The maximum absolute atomic E-state index is 13.0. The first-order valence-electron chi connectivity index (χ1n) is 12.7. The molecule has 0 unspecified atom stereocenters. The van der Waals surface area contributed by atoms with E-state index in [0.717, 1.165) is 22.6 Å². The number of rotatable bonds is 10. The number of imidazole rings is 1. The van der Waals surface area contributed by atoms with Crippen LogP contribution < -0.4 is 10.1 Å². The molecule has 0 saturated carbocycles. The smallest absolute Gasteiger partial charge is 0.303 e. The van der Waals surface area contributed by atoms with Gasteiger partial charge < -0.3 is 19.7 Å². The van der Waals surface area contributed by atoms with Crippen molar-refractivity contribution in [2.75, 3.05) is 0 Å². The van der Waals surface area contributed by atoms with E-state index in [4.69, 9.17) is 9.72 Å². The molecule has 8 nitrogen and oxygen atoms in total. The fourth-order valence-corrected chi connectivity index (χ4v) is 4.31. The largest absolute Gasteiger partial charge is 0.490 e. The number of hydrogen-bond acceptors (Lipinski definition) is 5. The second-order valence-corrected chi connectivity index (χ2v) is 10.8. The second kappa shape index (κ2) is 12.0. The third-order valence-electron chi connectivity index (χ3n) is 6.05. The molecule has 0 aliphatic heterocycles. The monoisotopic (exact) mass is 516 g/mol. The average Bonchev–Trinajstić information content (AvgIpc) is 3.25. The highest BCUT2D eigenvalue weighted by atomic mass is 16.5. The van der Waals surface area contributed by atoms with Crippen molar-refractivity contribution in [2.24, 2.45) is 7.05 Å². The van der Waals surface area contributed by atoms with E-state index in [0.29, 0.717) is 17.7 Å². The van der Waals surface area contributed by atoms with Crippen molar-refractivity contribution >= 4 is 11.9 Å². The number of nitrogens with zero attached hydrogens (tertiary/aromatic N) is 3. The lowest BCUT2D eigenvalue weighted by Gasteiger charge is -2.19. The molecule has 1 aromatic heterocycles. The van der Waals surface area contributed by atoms with Crippen LogP contribution in [-0.2, 0) is 23.7 Å². The van der Waals surface area contributed by atoms with Gasteiger partial charge in [-0.05, 0) is 50.5 Å². The van der Waals surface area contributed by atoms with E-state index in [2.05, 4.69) is 32.2 Å². The first-order chi connectivity index (χ1) is 17.9. The van der Waals surface area contributed by atoms with E-state index in [1.54, 1.807) is 12.1 Å². The highest BCUT2D eigenvalue weighted by Crippen LogP contribution is 2.26. The summed E-state index contributed by atoms with van der Waals surface area (Å²) < 4.78 is 7.68. The third kappa shape index (κ3) is 7.45. The van der Waals surface area contributed by atoms with E-state index < -0.39 is 12.0 Å². The van der Waals surface area contributed by atoms with Gasteiger partial charge in [-0.2, -0.15) is 5.26 Å². The minimum atomic E-state index is -0.925. The molecule has 1 atom stereocenters. The normalized spacial score (nSPS) is 12.2. The Morgan fingerprint density at radius 1 is 1.16 bits per heavy atom. The van der Waals surface area contributed by atoms with Crippen LogP contribution in [0.5, 0.6) is 5.75 Å². The molecule has 1 amide bonds. The molecule has 200 valence electrons. The molecule has 0 radical (unpaired) electrons. The maximum Gasteiger partial charge on any atom is 0.303 e. The molecule has 1 heterocycles. The predicted molar refractivity (Wildman–Crippen MR) is 146 cm³/mol. The average molecular weight is 517 g/mol. The van der Waals surface area contributed by atoms with Gasteiger partial charge in [0.15, 0.2) is 0 Å². The lowest BCUT2D eigenvalue weighted by atomic mass is 9.96. The van der Waals surface area contributed by atoms with E-state index in [1.807, 2.05) is 55.9 Å². The molecule has 0 saturated heterocycles. The first kappa shape index (κ1) is 28.5. The topological polar surface area (TPSA) is 117 Å². The van der Waals surface area contributed by atoms with Gasteiger partial charge in [-0.15, -0.1) is 0 Å². The van der Waals surface area contributed by atoms with Crippen LogP contribution in [0.2, 0.25) is 0 Å². The lowest BCUT2D eigenvalue weighted by molar-refractivity contribution is -0.137. The van der Waals surface area contributed by atoms with Crippen LogP contribution in [0.25, 0.3) is 11.3 Å². The molecule has 0 fully saturated rings. The number of hydrogen-bond donors (Lipinski definition) is 2. The van der Waals surface area contributed by atoms with E-state index in [-0.39, 0.29) is 35.8 Å². The van der Waals surface area contributed by atoms with Crippen LogP contribution in [0.15, 0.2) is 48.7 Å². The molecule has 0 aliphatic rings. The van der Waals surface area contributed by atoms with Gasteiger partial charge in [0.2, 0.25) is 0 Å². The number of nitrogens with one attached hydrogen (secondary N) is 1. The number of aromatic nitrogens is 2. The summed E-state index contributed by atoms with van der Waals surface area (Å²) in [5.74, 6) is 0.125. The zero-order valence-electron chi connectivity index (χ0n) is 22.9. The van der Waals surface area contributed by atoms with Crippen molar-refractivity contribution in [2.45, 2.75) is 71.4 Å². The summed E-state index contributed by atoms with van der Waals surface area (Å²) >= 11 is 0. The number of carbonyl (C=O) groups excluding carboxylic acids is 1. The van der Waals surface area contributed by atoms with Crippen LogP contribution in [0.4, 0.5) is 0 Å². The number of carboxylic acid groups (broad SMARTS) is 1. The number of aryl methyl sites for hydroxylation is 1. The number of carboxylic acids is 1. The number of benzene rings is 2. The van der Waals surface area contributed by atoms with Crippen molar-refractivity contribution < 1.29 is 19.4 Å². The number of carbonyl (C=O) groups is 2. The summed E-state index contributed by atoms with van der Waals surface area (Å²) in [5, 5.41) is 21.7. The Bertz CT molecular complexity index is 1330. The van der Waals surface area contributed by atoms with Gasteiger partial charge in [0.25, 0.3) is 5.91 Å². The molecule has 3 aromatic rings. The SMILES string of the molecule is CC(C)Oc1ccc(C(=O)N[C@H](CCC(=O)O)Cc2ccc(-c3cn(C)c(C(C)(C)C)n3)cc2)cc1C#N. The number of aliphatic carboxylic acids is 1. The van der Waals surface area contributed by atoms with Crippen LogP contribution in [0.1, 0.15) is 74.8 Å². The third-order valence-corrected chi connectivity index (χ3v) is 6.05. The van der Waals surface area contributed by atoms with Gasteiger partial charge in [0.1, 0.15) is 17.6 Å². The Hall–Kier alpha value is -4.12. The minimum Gasteiger partial charge on any atom is -0.490 e. The van der Waals surface area contributed by atoms with E-state index >= 15 is 0 Å². The van der Waals surface area contributed by atoms with Crippen LogP contribution in [0.3, 0.4) is 0 Å². The summed E-state index contributed by atoms with van der Waals surface area (Å²) in [6, 6.07) is 14.3. The molecule has 2 N–H and O–H groups in total.